The first-order chi connectivity index (χ1) is 8.56. The fraction of sp³-hybridized carbons (Fsp3) is 0.400. The standard InChI is InChI=1S/C10H15N7O/c1-7(2)17-8(3-4-13-17)14-9(18)5-16-6-12-10(11)15-16/h3-4,6-7H,5H2,1-2H3,(H2,11,15)(H,14,18). The average molecular weight is 249 g/mol. The summed E-state index contributed by atoms with van der Waals surface area (Å²) in [5.41, 5.74) is 5.37. The van der Waals surface area contributed by atoms with Crippen molar-refractivity contribution in [2.45, 2.75) is 26.4 Å². The van der Waals surface area contributed by atoms with Gasteiger partial charge in [-0.05, 0) is 13.8 Å². The van der Waals surface area contributed by atoms with Gasteiger partial charge in [-0.3, -0.25) is 4.79 Å². The lowest BCUT2D eigenvalue weighted by Crippen LogP contribution is -2.21. The zero-order valence-corrected chi connectivity index (χ0v) is 10.2. The molecule has 0 spiro atoms. The number of nitrogens with zero attached hydrogens (tertiary/aromatic N) is 5. The third kappa shape index (κ3) is 2.65. The van der Waals surface area contributed by atoms with Crippen LogP contribution in [-0.2, 0) is 11.3 Å². The van der Waals surface area contributed by atoms with Gasteiger partial charge in [0, 0.05) is 12.1 Å². The third-order valence-corrected chi connectivity index (χ3v) is 2.29. The molecule has 0 atom stereocenters. The number of nitrogens with one attached hydrogen (secondary N) is 1. The molecule has 2 aromatic heterocycles. The Morgan fingerprint density at radius 1 is 1.56 bits per heavy atom. The van der Waals surface area contributed by atoms with E-state index < -0.39 is 0 Å². The Balaban J connectivity index is 2.01. The summed E-state index contributed by atoms with van der Waals surface area (Å²) in [7, 11) is 0. The molecule has 0 radical (unpaired) electrons. The van der Waals surface area contributed by atoms with Crippen LogP contribution in [0.15, 0.2) is 18.6 Å². The topological polar surface area (TPSA) is 104 Å². The summed E-state index contributed by atoms with van der Waals surface area (Å²) < 4.78 is 3.11. The average Bonchev–Trinajstić information content (AvgIpc) is 2.87. The van der Waals surface area contributed by atoms with Gasteiger partial charge in [0.25, 0.3) is 0 Å². The third-order valence-electron chi connectivity index (χ3n) is 2.29. The van der Waals surface area contributed by atoms with Crippen molar-refractivity contribution in [2.75, 3.05) is 11.1 Å². The van der Waals surface area contributed by atoms with Gasteiger partial charge < -0.3 is 11.1 Å². The molecule has 8 heteroatoms. The Kier molecular flexibility index (Phi) is 3.26. The van der Waals surface area contributed by atoms with E-state index in [1.807, 2.05) is 13.8 Å². The maximum atomic E-state index is 11.8. The summed E-state index contributed by atoms with van der Waals surface area (Å²) in [6, 6.07) is 1.92. The Morgan fingerprint density at radius 3 is 2.94 bits per heavy atom. The second-order valence-corrected chi connectivity index (χ2v) is 4.10. The van der Waals surface area contributed by atoms with Crippen molar-refractivity contribution in [3.05, 3.63) is 18.6 Å². The molecule has 96 valence electrons. The molecule has 0 saturated carbocycles. The van der Waals surface area contributed by atoms with Crippen LogP contribution in [0.5, 0.6) is 0 Å². The summed E-state index contributed by atoms with van der Waals surface area (Å²) in [6.07, 6.45) is 3.05. The zero-order chi connectivity index (χ0) is 13.1. The molecule has 3 N–H and O–H groups in total. The van der Waals surface area contributed by atoms with Gasteiger partial charge in [0.05, 0.1) is 6.20 Å². The number of hydrogen-bond donors (Lipinski definition) is 2. The molecule has 0 bridgehead atoms. The maximum Gasteiger partial charge on any atom is 0.247 e. The van der Waals surface area contributed by atoms with Crippen molar-refractivity contribution < 1.29 is 4.79 Å². The van der Waals surface area contributed by atoms with Crippen LogP contribution in [-0.4, -0.2) is 30.5 Å². The molecule has 18 heavy (non-hydrogen) atoms. The first-order valence-corrected chi connectivity index (χ1v) is 5.54. The zero-order valence-electron chi connectivity index (χ0n) is 10.2. The summed E-state index contributed by atoms with van der Waals surface area (Å²) in [5, 5.41) is 10.7. The summed E-state index contributed by atoms with van der Waals surface area (Å²) >= 11 is 0. The van der Waals surface area contributed by atoms with Crippen LogP contribution in [0.4, 0.5) is 11.8 Å². The van der Waals surface area contributed by atoms with E-state index in [4.69, 9.17) is 5.73 Å². The minimum atomic E-state index is -0.206. The molecule has 0 aliphatic rings. The van der Waals surface area contributed by atoms with Crippen LogP contribution in [0.2, 0.25) is 0 Å². The molecule has 2 rings (SSSR count). The highest BCUT2D eigenvalue weighted by atomic mass is 16.2. The molecular formula is C10H15N7O. The molecule has 1 amide bonds. The lowest BCUT2D eigenvalue weighted by atomic mass is 10.4. The van der Waals surface area contributed by atoms with Crippen molar-refractivity contribution >= 4 is 17.7 Å². The summed E-state index contributed by atoms with van der Waals surface area (Å²) in [5.74, 6) is 0.598. The number of carbonyl (C=O) groups is 1. The Bertz CT molecular complexity index is 542. The molecule has 0 fully saturated rings. The highest BCUT2D eigenvalue weighted by molar-refractivity contribution is 5.89. The van der Waals surface area contributed by atoms with E-state index in [0.29, 0.717) is 5.82 Å². The van der Waals surface area contributed by atoms with Gasteiger partial charge in [-0.25, -0.2) is 14.3 Å². The molecular weight excluding hydrogens is 234 g/mol. The van der Waals surface area contributed by atoms with Gasteiger partial charge in [-0.1, -0.05) is 0 Å². The fourth-order valence-electron chi connectivity index (χ4n) is 1.54. The van der Waals surface area contributed by atoms with E-state index in [1.165, 1.54) is 11.0 Å². The number of carbonyl (C=O) groups excluding carboxylic acids is 1. The van der Waals surface area contributed by atoms with Crippen LogP contribution in [0.3, 0.4) is 0 Å². The number of hydrogen-bond acceptors (Lipinski definition) is 5. The normalized spacial score (nSPS) is 10.8. The van der Waals surface area contributed by atoms with Gasteiger partial charge in [0.2, 0.25) is 11.9 Å². The molecule has 0 aromatic carbocycles. The summed E-state index contributed by atoms with van der Waals surface area (Å²) in [6.45, 7) is 4.04. The minimum Gasteiger partial charge on any atom is -0.367 e. The van der Waals surface area contributed by atoms with E-state index in [9.17, 15) is 4.79 Å². The number of amides is 1. The van der Waals surface area contributed by atoms with Crippen LogP contribution in [0, 0.1) is 0 Å². The van der Waals surface area contributed by atoms with E-state index in [-0.39, 0.29) is 24.4 Å². The van der Waals surface area contributed by atoms with Crippen LogP contribution >= 0.6 is 0 Å². The van der Waals surface area contributed by atoms with E-state index in [2.05, 4.69) is 20.5 Å². The van der Waals surface area contributed by atoms with Crippen LogP contribution in [0.25, 0.3) is 0 Å². The van der Waals surface area contributed by atoms with Crippen molar-refractivity contribution in [1.29, 1.82) is 0 Å². The first-order valence-electron chi connectivity index (χ1n) is 5.54. The van der Waals surface area contributed by atoms with Crippen molar-refractivity contribution in [3.8, 4) is 0 Å². The van der Waals surface area contributed by atoms with E-state index >= 15 is 0 Å². The number of nitrogens with two attached hydrogens (primary N) is 1. The maximum absolute atomic E-state index is 11.8. The number of nitrogen functional groups attached to an aromatic ring is 1. The second-order valence-electron chi connectivity index (χ2n) is 4.10. The monoisotopic (exact) mass is 249 g/mol. The van der Waals surface area contributed by atoms with Gasteiger partial charge in [0.1, 0.15) is 18.7 Å². The molecule has 0 unspecified atom stereocenters. The van der Waals surface area contributed by atoms with Crippen LogP contribution in [0.1, 0.15) is 19.9 Å². The Labute approximate surface area is 104 Å². The minimum absolute atomic E-state index is 0.0630. The lowest BCUT2D eigenvalue weighted by molar-refractivity contribution is -0.116. The Morgan fingerprint density at radius 2 is 2.33 bits per heavy atom. The molecule has 0 saturated heterocycles. The predicted molar refractivity (Wildman–Crippen MR) is 65.7 cm³/mol. The van der Waals surface area contributed by atoms with E-state index in [0.717, 1.165) is 0 Å². The fourth-order valence-corrected chi connectivity index (χ4v) is 1.54. The predicted octanol–water partition coefficient (Wildman–Crippen LogP) is 0.276. The number of rotatable bonds is 4. The van der Waals surface area contributed by atoms with Gasteiger partial charge in [-0.15, -0.1) is 5.10 Å². The molecule has 2 aromatic rings. The van der Waals surface area contributed by atoms with Crippen LogP contribution < -0.4 is 11.1 Å². The molecule has 0 aliphatic heterocycles. The molecule has 2 heterocycles. The van der Waals surface area contributed by atoms with Crippen molar-refractivity contribution in [2.24, 2.45) is 0 Å². The number of anilines is 2. The lowest BCUT2D eigenvalue weighted by Gasteiger charge is -2.11. The largest absolute Gasteiger partial charge is 0.367 e. The quantitative estimate of drug-likeness (QED) is 0.809. The number of aromatic nitrogens is 5. The van der Waals surface area contributed by atoms with E-state index in [1.54, 1.807) is 16.9 Å². The highest BCUT2D eigenvalue weighted by Crippen LogP contribution is 2.12. The molecule has 8 nitrogen and oxygen atoms in total. The SMILES string of the molecule is CC(C)n1nccc1NC(=O)Cn1cnc(N)n1. The second kappa shape index (κ2) is 4.86. The Hall–Kier alpha value is -2.38. The summed E-state index contributed by atoms with van der Waals surface area (Å²) in [4.78, 5) is 15.5. The molecule has 0 aliphatic carbocycles. The highest BCUT2D eigenvalue weighted by Gasteiger charge is 2.10. The van der Waals surface area contributed by atoms with Gasteiger partial charge in [0.15, 0.2) is 0 Å². The van der Waals surface area contributed by atoms with Gasteiger partial charge in [-0.2, -0.15) is 5.10 Å². The smallest absolute Gasteiger partial charge is 0.247 e. The van der Waals surface area contributed by atoms with Gasteiger partial charge >= 0.3 is 0 Å². The first kappa shape index (κ1) is 12.1. The van der Waals surface area contributed by atoms with Crippen molar-refractivity contribution in [1.82, 2.24) is 24.5 Å². The van der Waals surface area contributed by atoms with Crippen molar-refractivity contribution in [3.63, 3.8) is 0 Å².